The molecular formula is C10H17NO. The van der Waals surface area contributed by atoms with Crippen LogP contribution in [0, 0.1) is 5.92 Å². The molecule has 12 heavy (non-hydrogen) atoms. The Morgan fingerprint density at radius 1 is 1.00 bits per heavy atom. The summed E-state index contributed by atoms with van der Waals surface area (Å²) in [5, 5.41) is 3.63. The van der Waals surface area contributed by atoms with Crippen molar-refractivity contribution in [1.29, 1.82) is 0 Å². The zero-order chi connectivity index (χ0) is 7.97. The molecule has 0 aromatic carbocycles. The standard InChI is InChI=1S/C10H17NO/c1-3-7-8(4-1)12-9-5-2-6-11-10(7)9/h7-11H,1-6H2. The van der Waals surface area contributed by atoms with E-state index in [1.165, 1.54) is 38.6 Å². The first kappa shape index (κ1) is 7.34. The van der Waals surface area contributed by atoms with E-state index in [9.17, 15) is 0 Å². The quantitative estimate of drug-likeness (QED) is 0.587. The van der Waals surface area contributed by atoms with E-state index in [0.29, 0.717) is 18.2 Å². The maximum atomic E-state index is 6.03. The van der Waals surface area contributed by atoms with Crippen LogP contribution in [0.25, 0.3) is 0 Å². The van der Waals surface area contributed by atoms with Crippen molar-refractivity contribution in [2.45, 2.75) is 50.4 Å². The number of hydrogen-bond donors (Lipinski definition) is 1. The summed E-state index contributed by atoms with van der Waals surface area (Å²) in [6, 6.07) is 0.714. The van der Waals surface area contributed by atoms with Gasteiger partial charge in [-0.05, 0) is 32.2 Å². The van der Waals surface area contributed by atoms with Gasteiger partial charge >= 0.3 is 0 Å². The van der Waals surface area contributed by atoms with E-state index < -0.39 is 0 Å². The van der Waals surface area contributed by atoms with Crippen LogP contribution < -0.4 is 5.32 Å². The van der Waals surface area contributed by atoms with E-state index >= 15 is 0 Å². The van der Waals surface area contributed by atoms with Gasteiger partial charge in [-0.15, -0.1) is 0 Å². The zero-order valence-electron chi connectivity index (χ0n) is 7.46. The van der Waals surface area contributed by atoms with E-state index in [1.807, 2.05) is 0 Å². The summed E-state index contributed by atoms with van der Waals surface area (Å²) >= 11 is 0. The lowest BCUT2D eigenvalue weighted by atomic mass is 9.91. The molecular weight excluding hydrogens is 150 g/mol. The monoisotopic (exact) mass is 167 g/mol. The molecule has 2 aliphatic heterocycles. The fourth-order valence-corrected chi connectivity index (χ4v) is 3.22. The lowest BCUT2D eigenvalue weighted by Crippen LogP contribution is -2.45. The van der Waals surface area contributed by atoms with E-state index in [2.05, 4.69) is 5.32 Å². The zero-order valence-corrected chi connectivity index (χ0v) is 7.46. The minimum Gasteiger partial charge on any atom is -0.373 e. The fourth-order valence-electron chi connectivity index (χ4n) is 3.22. The Morgan fingerprint density at radius 2 is 1.92 bits per heavy atom. The molecule has 2 heteroatoms. The summed E-state index contributed by atoms with van der Waals surface area (Å²) < 4.78 is 6.03. The molecule has 2 nitrogen and oxygen atoms in total. The predicted molar refractivity (Wildman–Crippen MR) is 47.0 cm³/mol. The highest BCUT2D eigenvalue weighted by Crippen LogP contribution is 2.41. The molecule has 1 N–H and O–H groups in total. The summed E-state index contributed by atoms with van der Waals surface area (Å²) in [7, 11) is 0. The minimum atomic E-state index is 0.564. The molecule has 2 saturated heterocycles. The van der Waals surface area contributed by atoms with Gasteiger partial charge in [0.15, 0.2) is 0 Å². The van der Waals surface area contributed by atoms with Gasteiger partial charge in [0.25, 0.3) is 0 Å². The lowest BCUT2D eigenvalue weighted by molar-refractivity contribution is 0.0246. The SMILES string of the molecule is C1CNC2C(C1)OC1CCCC12. The number of fused-ring (bicyclic) bond motifs is 3. The average Bonchev–Trinajstić information content (AvgIpc) is 2.62. The molecule has 0 aromatic rings. The Labute approximate surface area is 73.7 Å². The van der Waals surface area contributed by atoms with Gasteiger partial charge in [-0.1, -0.05) is 6.42 Å². The molecule has 3 rings (SSSR count). The molecule has 0 bridgehead atoms. The van der Waals surface area contributed by atoms with Crippen molar-refractivity contribution in [3.05, 3.63) is 0 Å². The smallest absolute Gasteiger partial charge is 0.0736 e. The van der Waals surface area contributed by atoms with Gasteiger partial charge in [0.05, 0.1) is 12.2 Å². The largest absolute Gasteiger partial charge is 0.373 e. The van der Waals surface area contributed by atoms with Gasteiger partial charge < -0.3 is 10.1 Å². The Kier molecular flexibility index (Phi) is 1.66. The third-order valence-corrected chi connectivity index (χ3v) is 3.76. The molecule has 0 radical (unpaired) electrons. The predicted octanol–water partition coefficient (Wildman–Crippen LogP) is 1.31. The summed E-state index contributed by atoms with van der Waals surface area (Å²) in [5.41, 5.74) is 0. The second-order valence-corrected chi connectivity index (χ2v) is 4.43. The van der Waals surface area contributed by atoms with Gasteiger partial charge in [0, 0.05) is 12.0 Å². The summed E-state index contributed by atoms with van der Waals surface area (Å²) in [4.78, 5) is 0. The first-order chi connectivity index (χ1) is 5.95. The highest BCUT2D eigenvalue weighted by molar-refractivity contribution is 4.99. The number of nitrogens with one attached hydrogen (secondary N) is 1. The van der Waals surface area contributed by atoms with Crippen LogP contribution in [0.2, 0.25) is 0 Å². The van der Waals surface area contributed by atoms with Crippen molar-refractivity contribution in [3.63, 3.8) is 0 Å². The fraction of sp³-hybridized carbons (Fsp3) is 1.00. The number of ether oxygens (including phenoxy) is 1. The van der Waals surface area contributed by atoms with Crippen molar-refractivity contribution in [1.82, 2.24) is 5.32 Å². The maximum Gasteiger partial charge on any atom is 0.0736 e. The van der Waals surface area contributed by atoms with Crippen LogP contribution >= 0.6 is 0 Å². The summed E-state index contributed by atoms with van der Waals surface area (Å²) in [5.74, 6) is 0.857. The van der Waals surface area contributed by atoms with Crippen molar-refractivity contribution in [3.8, 4) is 0 Å². The molecule has 4 atom stereocenters. The third-order valence-electron chi connectivity index (χ3n) is 3.76. The molecule has 68 valence electrons. The number of hydrogen-bond acceptors (Lipinski definition) is 2. The summed E-state index contributed by atoms with van der Waals surface area (Å²) in [6.07, 6.45) is 7.89. The van der Waals surface area contributed by atoms with E-state index in [0.717, 1.165) is 5.92 Å². The molecule has 3 fully saturated rings. The molecule has 1 saturated carbocycles. The van der Waals surface area contributed by atoms with E-state index in [4.69, 9.17) is 4.74 Å². The van der Waals surface area contributed by atoms with Crippen molar-refractivity contribution >= 4 is 0 Å². The van der Waals surface area contributed by atoms with Gasteiger partial charge in [-0.3, -0.25) is 0 Å². The second kappa shape index (κ2) is 2.71. The van der Waals surface area contributed by atoms with E-state index in [-0.39, 0.29) is 0 Å². The van der Waals surface area contributed by atoms with Crippen molar-refractivity contribution < 1.29 is 4.74 Å². The van der Waals surface area contributed by atoms with Gasteiger partial charge in [-0.2, -0.15) is 0 Å². The van der Waals surface area contributed by atoms with Gasteiger partial charge in [0.1, 0.15) is 0 Å². The minimum absolute atomic E-state index is 0.564. The van der Waals surface area contributed by atoms with Crippen LogP contribution in [-0.2, 0) is 4.74 Å². The third kappa shape index (κ3) is 0.944. The molecule has 1 aliphatic carbocycles. The van der Waals surface area contributed by atoms with Crippen LogP contribution in [-0.4, -0.2) is 24.8 Å². The van der Waals surface area contributed by atoms with Crippen LogP contribution in [0.4, 0.5) is 0 Å². The molecule has 3 aliphatic rings. The summed E-state index contributed by atoms with van der Waals surface area (Å²) in [6.45, 7) is 1.22. The molecule has 0 aromatic heterocycles. The normalized spacial score (nSPS) is 52.0. The van der Waals surface area contributed by atoms with Crippen LogP contribution in [0.5, 0.6) is 0 Å². The Balaban J connectivity index is 1.79. The topological polar surface area (TPSA) is 21.3 Å². The average molecular weight is 167 g/mol. The lowest BCUT2D eigenvalue weighted by Gasteiger charge is -2.28. The van der Waals surface area contributed by atoms with E-state index in [1.54, 1.807) is 0 Å². The number of rotatable bonds is 0. The number of piperidine rings is 1. The molecule has 4 unspecified atom stereocenters. The first-order valence-electron chi connectivity index (χ1n) is 5.34. The van der Waals surface area contributed by atoms with Gasteiger partial charge in [0.2, 0.25) is 0 Å². The maximum absolute atomic E-state index is 6.03. The Morgan fingerprint density at radius 3 is 2.92 bits per heavy atom. The Hall–Kier alpha value is -0.0800. The highest BCUT2D eigenvalue weighted by atomic mass is 16.5. The molecule has 0 amide bonds. The second-order valence-electron chi connectivity index (χ2n) is 4.43. The Bertz CT molecular complexity index is 183. The van der Waals surface area contributed by atoms with Crippen molar-refractivity contribution in [2.75, 3.05) is 6.54 Å². The highest BCUT2D eigenvalue weighted by Gasteiger charge is 2.46. The van der Waals surface area contributed by atoms with Gasteiger partial charge in [-0.25, -0.2) is 0 Å². The molecule has 2 heterocycles. The first-order valence-corrected chi connectivity index (χ1v) is 5.34. The molecule has 0 spiro atoms. The van der Waals surface area contributed by atoms with Crippen LogP contribution in [0.15, 0.2) is 0 Å². The van der Waals surface area contributed by atoms with Crippen LogP contribution in [0.1, 0.15) is 32.1 Å². The van der Waals surface area contributed by atoms with Crippen molar-refractivity contribution in [2.24, 2.45) is 5.92 Å². The van der Waals surface area contributed by atoms with Crippen LogP contribution in [0.3, 0.4) is 0 Å².